The number of para-hydroxylation sites is 1. The number of nitrogens with one attached hydrogen (secondary N) is 2. The Morgan fingerprint density at radius 2 is 2.00 bits per heavy atom. The standard InChI is InChI=1S/C19H19N3O2S/c20-18(24)17-13-6-2-4-8-15(13)25-19(17)22-16(23)9-11-10-21-14-7-3-1-5-12(11)14/h1,3,5,7,10,21H,2,4,6,8-9H2,(H2,20,24)(H,22,23). The van der Waals surface area contributed by atoms with E-state index in [1.165, 1.54) is 16.2 Å². The number of hydrogen-bond donors (Lipinski definition) is 3. The summed E-state index contributed by atoms with van der Waals surface area (Å²) in [4.78, 5) is 28.8. The van der Waals surface area contributed by atoms with E-state index >= 15 is 0 Å². The number of aromatic nitrogens is 1. The largest absolute Gasteiger partial charge is 0.365 e. The maximum Gasteiger partial charge on any atom is 0.251 e. The van der Waals surface area contributed by atoms with Crippen molar-refractivity contribution in [2.75, 3.05) is 5.32 Å². The van der Waals surface area contributed by atoms with Gasteiger partial charge in [-0.15, -0.1) is 11.3 Å². The monoisotopic (exact) mass is 353 g/mol. The second kappa shape index (κ2) is 6.37. The predicted molar refractivity (Wildman–Crippen MR) is 100 cm³/mol. The van der Waals surface area contributed by atoms with E-state index in [0.29, 0.717) is 10.6 Å². The number of H-pyrrole nitrogens is 1. The topological polar surface area (TPSA) is 88.0 Å². The summed E-state index contributed by atoms with van der Waals surface area (Å²) in [6, 6.07) is 7.89. The summed E-state index contributed by atoms with van der Waals surface area (Å²) < 4.78 is 0. The van der Waals surface area contributed by atoms with E-state index in [1.54, 1.807) is 0 Å². The van der Waals surface area contributed by atoms with Crippen molar-refractivity contribution in [3.63, 3.8) is 0 Å². The third-order valence-electron chi connectivity index (χ3n) is 4.70. The molecule has 25 heavy (non-hydrogen) atoms. The third kappa shape index (κ3) is 2.93. The Kier molecular flexibility index (Phi) is 4.05. The molecule has 0 saturated carbocycles. The Hall–Kier alpha value is -2.60. The maximum absolute atomic E-state index is 12.5. The van der Waals surface area contributed by atoms with Crippen LogP contribution in [0.25, 0.3) is 10.9 Å². The lowest BCUT2D eigenvalue weighted by molar-refractivity contribution is -0.115. The van der Waals surface area contributed by atoms with E-state index in [9.17, 15) is 9.59 Å². The molecule has 4 rings (SSSR count). The molecular formula is C19H19N3O2S. The highest BCUT2D eigenvalue weighted by Gasteiger charge is 2.25. The summed E-state index contributed by atoms with van der Waals surface area (Å²) in [7, 11) is 0. The zero-order valence-electron chi connectivity index (χ0n) is 13.7. The highest BCUT2D eigenvalue weighted by Crippen LogP contribution is 2.38. The zero-order chi connectivity index (χ0) is 17.4. The number of aryl methyl sites for hydroxylation is 1. The lowest BCUT2D eigenvalue weighted by atomic mass is 9.95. The Bertz CT molecular complexity index is 970. The number of benzene rings is 1. The molecule has 3 aromatic rings. The van der Waals surface area contributed by atoms with E-state index in [1.807, 2.05) is 30.5 Å². The van der Waals surface area contributed by atoms with Gasteiger partial charge in [-0.1, -0.05) is 18.2 Å². The quantitative estimate of drug-likeness (QED) is 0.671. The fraction of sp³-hybridized carbons (Fsp3) is 0.263. The highest BCUT2D eigenvalue weighted by molar-refractivity contribution is 7.17. The smallest absolute Gasteiger partial charge is 0.251 e. The van der Waals surface area contributed by atoms with E-state index in [-0.39, 0.29) is 12.3 Å². The van der Waals surface area contributed by atoms with Gasteiger partial charge < -0.3 is 16.0 Å². The van der Waals surface area contributed by atoms with Gasteiger partial charge in [-0.2, -0.15) is 0 Å². The number of carbonyl (C=O) groups is 2. The summed E-state index contributed by atoms with van der Waals surface area (Å²) in [5, 5.41) is 4.56. The van der Waals surface area contributed by atoms with E-state index in [0.717, 1.165) is 47.7 Å². The van der Waals surface area contributed by atoms with Crippen LogP contribution in [-0.2, 0) is 24.1 Å². The van der Waals surface area contributed by atoms with Crippen LogP contribution in [-0.4, -0.2) is 16.8 Å². The second-order valence-corrected chi connectivity index (χ2v) is 7.47. The van der Waals surface area contributed by atoms with Crippen LogP contribution < -0.4 is 11.1 Å². The minimum absolute atomic E-state index is 0.133. The van der Waals surface area contributed by atoms with Crippen LogP contribution in [0.2, 0.25) is 0 Å². The summed E-state index contributed by atoms with van der Waals surface area (Å²) >= 11 is 1.49. The maximum atomic E-state index is 12.5. The van der Waals surface area contributed by atoms with Gasteiger partial charge in [0.1, 0.15) is 5.00 Å². The van der Waals surface area contributed by atoms with Crippen LogP contribution in [0.15, 0.2) is 30.5 Å². The Balaban J connectivity index is 1.59. The van der Waals surface area contributed by atoms with Gasteiger partial charge in [-0.05, 0) is 42.9 Å². The van der Waals surface area contributed by atoms with Crippen molar-refractivity contribution in [1.82, 2.24) is 4.98 Å². The summed E-state index contributed by atoms with van der Waals surface area (Å²) in [5.74, 6) is -0.590. The molecule has 6 heteroatoms. The van der Waals surface area contributed by atoms with Crippen molar-refractivity contribution in [2.24, 2.45) is 5.73 Å². The van der Waals surface area contributed by atoms with Crippen LogP contribution >= 0.6 is 11.3 Å². The molecule has 0 saturated heterocycles. The molecule has 2 amide bonds. The average Bonchev–Trinajstić information content (AvgIpc) is 3.16. The first kappa shape index (κ1) is 15.9. The minimum Gasteiger partial charge on any atom is -0.365 e. The Labute approximate surface area is 149 Å². The minimum atomic E-state index is -0.457. The van der Waals surface area contributed by atoms with Gasteiger partial charge in [0.25, 0.3) is 5.91 Å². The van der Waals surface area contributed by atoms with Crippen LogP contribution in [0.1, 0.15) is 39.2 Å². The molecule has 0 aliphatic heterocycles. The predicted octanol–water partition coefficient (Wildman–Crippen LogP) is 3.39. The van der Waals surface area contributed by atoms with E-state index < -0.39 is 5.91 Å². The van der Waals surface area contributed by atoms with Crippen molar-refractivity contribution in [2.45, 2.75) is 32.1 Å². The first-order chi connectivity index (χ1) is 12.1. The van der Waals surface area contributed by atoms with Gasteiger partial charge in [-0.25, -0.2) is 0 Å². The summed E-state index contributed by atoms with van der Waals surface area (Å²) in [6.45, 7) is 0. The van der Waals surface area contributed by atoms with Crippen LogP contribution in [0, 0.1) is 0 Å². The van der Waals surface area contributed by atoms with Gasteiger partial charge in [0.05, 0.1) is 12.0 Å². The van der Waals surface area contributed by atoms with Crippen molar-refractivity contribution in [3.05, 3.63) is 52.0 Å². The number of hydrogen-bond acceptors (Lipinski definition) is 3. The summed E-state index contributed by atoms with van der Waals surface area (Å²) in [6.07, 6.45) is 6.12. The molecule has 0 bridgehead atoms. The van der Waals surface area contributed by atoms with Gasteiger partial charge in [0.2, 0.25) is 5.91 Å². The third-order valence-corrected chi connectivity index (χ3v) is 5.90. The van der Waals surface area contributed by atoms with Crippen molar-refractivity contribution < 1.29 is 9.59 Å². The molecule has 0 spiro atoms. The second-order valence-electron chi connectivity index (χ2n) is 6.36. The molecule has 0 radical (unpaired) electrons. The number of anilines is 1. The molecular weight excluding hydrogens is 334 g/mol. The SMILES string of the molecule is NC(=O)c1c(NC(=O)Cc2c[nH]c3ccccc23)sc2c1CCCC2. The van der Waals surface area contributed by atoms with Crippen molar-refractivity contribution in [3.8, 4) is 0 Å². The molecule has 128 valence electrons. The molecule has 2 heterocycles. The number of fused-ring (bicyclic) bond motifs is 2. The number of nitrogens with two attached hydrogens (primary N) is 1. The molecule has 0 atom stereocenters. The lowest BCUT2D eigenvalue weighted by Gasteiger charge is -2.11. The molecule has 2 aromatic heterocycles. The fourth-order valence-corrected chi connectivity index (χ4v) is 4.85. The normalized spacial score (nSPS) is 13.6. The fourth-order valence-electron chi connectivity index (χ4n) is 3.54. The van der Waals surface area contributed by atoms with E-state index in [2.05, 4.69) is 10.3 Å². The van der Waals surface area contributed by atoms with Crippen LogP contribution in [0.5, 0.6) is 0 Å². The van der Waals surface area contributed by atoms with Crippen molar-refractivity contribution in [1.29, 1.82) is 0 Å². The summed E-state index contributed by atoms with van der Waals surface area (Å²) in [5.41, 5.74) is 9.07. The number of aromatic amines is 1. The molecule has 1 aromatic carbocycles. The van der Waals surface area contributed by atoms with Crippen molar-refractivity contribution >= 4 is 39.1 Å². The number of thiophene rings is 1. The molecule has 1 aliphatic rings. The highest BCUT2D eigenvalue weighted by atomic mass is 32.1. The van der Waals surface area contributed by atoms with E-state index in [4.69, 9.17) is 5.73 Å². The Morgan fingerprint density at radius 1 is 1.20 bits per heavy atom. The number of primary amides is 1. The van der Waals surface area contributed by atoms with Crippen LogP contribution in [0.4, 0.5) is 5.00 Å². The molecule has 5 nitrogen and oxygen atoms in total. The first-order valence-corrected chi connectivity index (χ1v) is 9.24. The lowest BCUT2D eigenvalue weighted by Crippen LogP contribution is -2.19. The average molecular weight is 353 g/mol. The Morgan fingerprint density at radius 3 is 2.84 bits per heavy atom. The van der Waals surface area contributed by atoms with Gasteiger partial charge >= 0.3 is 0 Å². The molecule has 4 N–H and O–H groups in total. The van der Waals surface area contributed by atoms with Crippen LogP contribution in [0.3, 0.4) is 0 Å². The van der Waals surface area contributed by atoms with Gasteiger partial charge in [-0.3, -0.25) is 9.59 Å². The zero-order valence-corrected chi connectivity index (χ0v) is 14.5. The number of carbonyl (C=O) groups excluding carboxylic acids is 2. The molecule has 0 unspecified atom stereocenters. The molecule has 0 fully saturated rings. The number of rotatable bonds is 4. The first-order valence-electron chi connectivity index (χ1n) is 8.42. The van der Waals surface area contributed by atoms with Gasteiger partial charge in [0, 0.05) is 22.0 Å². The number of amides is 2. The van der Waals surface area contributed by atoms with Gasteiger partial charge in [0.15, 0.2) is 0 Å². The molecule has 1 aliphatic carbocycles.